The Bertz CT molecular complexity index is 1990. The number of rotatable bonds is 6. The first kappa shape index (κ1) is 30.3. The molecule has 2 aromatic heterocycles. The van der Waals surface area contributed by atoms with Crippen molar-refractivity contribution in [1.82, 2.24) is 18.8 Å². The van der Waals surface area contributed by atoms with Crippen molar-refractivity contribution in [2.24, 2.45) is 0 Å². The van der Waals surface area contributed by atoms with Crippen molar-refractivity contribution in [3.8, 4) is 11.1 Å². The average Bonchev–Trinajstić information content (AvgIpc) is 3.44. The standard InChI is InChI=1S/C35H36FN5O4S/c1-35(13-3-5-27(20-35)26-11-12-32(31(36)19-26)39-17-15-38(2)16-18-39)46(44,45)41-23-30(29-6-4-14-37-33(29)41)24-7-9-25(10-8-24)34(43)40-21-28(42)22-40/h3-12,14,19-20,23,28,42H,13,15-18,21-22H2,1-2H3. The number of benzene rings is 2. The second-order valence-corrected chi connectivity index (χ2v) is 14.9. The van der Waals surface area contributed by atoms with Crippen LogP contribution in [0, 0.1) is 5.82 Å². The van der Waals surface area contributed by atoms with Crippen molar-refractivity contribution in [3.05, 3.63) is 102 Å². The van der Waals surface area contributed by atoms with Gasteiger partial charge in [-0.1, -0.05) is 36.4 Å². The van der Waals surface area contributed by atoms with Gasteiger partial charge in [-0.15, -0.1) is 0 Å². The smallest absolute Gasteiger partial charge is 0.254 e. The lowest BCUT2D eigenvalue weighted by atomic mass is 9.92. The molecule has 7 rings (SSSR count). The number of aliphatic hydroxyl groups excluding tert-OH is 1. The minimum Gasteiger partial charge on any atom is -0.389 e. The number of carbonyl (C=O) groups excluding carboxylic acids is 1. The van der Waals surface area contributed by atoms with Gasteiger partial charge < -0.3 is 19.8 Å². The summed E-state index contributed by atoms with van der Waals surface area (Å²) in [6.07, 6.45) is 8.31. The molecule has 2 fully saturated rings. The molecule has 1 atom stereocenters. The van der Waals surface area contributed by atoms with E-state index in [9.17, 15) is 18.3 Å². The topological polar surface area (TPSA) is 99.0 Å². The van der Waals surface area contributed by atoms with Crippen LogP contribution in [-0.2, 0) is 10.0 Å². The maximum absolute atomic E-state index is 15.4. The number of aromatic nitrogens is 2. The second-order valence-electron chi connectivity index (χ2n) is 12.6. The summed E-state index contributed by atoms with van der Waals surface area (Å²) in [5, 5.41) is 10.2. The summed E-state index contributed by atoms with van der Waals surface area (Å²) in [4.78, 5) is 23.0. The first-order chi connectivity index (χ1) is 22.0. The lowest BCUT2D eigenvalue weighted by Crippen LogP contribution is -2.53. The Morgan fingerprint density at radius 1 is 1.02 bits per heavy atom. The third-order valence-electron chi connectivity index (χ3n) is 9.38. The molecule has 4 heterocycles. The van der Waals surface area contributed by atoms with Gasteiger partial charge in [-0.2, -0.15) is 0 Å². The minimum atomic E-state index is -4.06. The van der Waals surface area contributed by atoms with E-state index in [1.807, 2.05) is 29.2 Å². The number of fused-ring (bicyclic) bond motifs is 1. The Hall–Kier alpha value is -4.32. The van der Waals surface area contributed by atoms with Crippen molar-refractivity contribution in [2.75, 3.05) is 51.2 Å². The predicted octanol–water partition coefficient (Wildman–Crippen LogP) is 4.39. The Labute approximate surface area is 267 Å². The number of hydrogen-bond donors (Lipinski definition) is 1. The SMILES string of the molecule is CN1CCN(c2ccc(C3=CC(C)(S(=O)(=O)n4cc(-c5ccc(C(=O)N6CC(O)C6)cc5)c5cccnc54)CC=C3)cc2F)CC1. The maximum atomic E-state index is 15.4. The van der Waals surface area contributed by atoms with Gasteiger partial charge in [0.2, 0.25) is 10.0 Å². The molecule has 1 unspecified atom stereocenters. The molecule has 4 aromatic rings. The maximum Gasteiger partial charge on any atom is 0.254 e. The zero-order chi connectivity index (χ0) is 32.2. The number of allylic oxidation sites excluding steroid dienone is 3. The predicted molar refractivity (Wildman–Crippen MR) is 178 cm³/mol. The highest BCUT2D eigenvalue weighted by Gasteiger charge is 2.41. The Morgan fingerprint density at radius 2 is 1.74 bits per heavy atom. The highest BCUT2D eigenvalue weighted by atomic mass is 32.2. The van der Waals surface area contributed by atoms with Gasteiger partial charge >= 0.3 is 0 Å². The van der Waals surface area contributed by atoms with Crippen molar-refractivity contribution in [1.29, 1.82) is 0 Å². The summed E-state index contributed by atoms with van der Waals surface area (Å²) in [6, 6.07) is 15.8. The van der Waals surface area contributed by atoms with Crippen LogP contribution in [0.3, 0.4) is 0 Å². The molecular weight excluding hydrogens is 605 g/mol. The zero-order valence-electron chi connectivity index (χ0n) is 25.8. The van der Waals surface area contributed by atoms with Crippen LogP contribution in [0.1, 0.15) is 29.3 Å². The Kier molecular flexibility index (Phi) is 7.57. The van der Waals surface area contributed by atoms with Gasteiger partial charge in [0.1, 0.15) is 10.6 Å². The summed E-state index contributed by atoms with van der Waals surface area (Å²) in [7, 11) is -2.00. The number of nitrogens with zero attached hydrogens (tertiary/aromatic N) is 5. The van der Waals surface area contributed by atoms with Crippen LogP contribution in [0.4, 0.5) is 10.1 Å². The van der Waals surface area contributed by atoms with E-state index in [0.717, 1.165) is 31.7 Å². The van der Waals surface area contributed by atoms with Gasteiger partial charge in [0.05, 0.1) is 11.8 Å². The van der Waals surface area contributed by atoms with Crippen LogP contribution in [0.25, 0.3) is 27.7 Å². The van der Waals surface area contributed by atoms with E-state index in [1.165, 1.54) is 10.0 Å². The molecular formula is C35H36FN5O4S. The molecule has 9 nitrogen and oxygen atoms in total. The molecule has 46 heavy (non-hydrogen) atoms. The number of pyridine rings is 1. The van der Waals surface area contributed by atoms with Gasteiger partial charge in [-0.3, -0.25) is 4.79 Å². The van der Waals surface area contributed by atoms with Crippen molar-refractivity contribution in [2.45, 2.75) is 24.2 Å². The van der Waals surface area contributed by atoms with Crippen molar-refractivity contribution in [3.63, 3.8) is 0 Å². The van der Waals surface area contributed by atoms with E-state index in [4.69, 9.17) is 0 Å². The Balaban J connectivity index is 1.21. The summed E-state index contributed by atoms with van der Waals surface area (Å²) < 4.78 is 44.3. The molecule has 3 aliphatic rings. The average molecular weight is 642 g/mol. The molecule has 0 saturated carbocycles. The first-order valence-electron chi connectivity index (χ1n) is 15.5. The van der Waals surface area contributed by atoms with Gasteiger partial charge in [0, 0.05) is 68.2 Å². The number of piperazine rings is 1. The summed E-state index contributed by atoms with van der Waals surface area (Å²) in [5.41, 5.74) is 4.03. The number of β-amino-alcohol motifs (C(OH)–C–C–N with tert-alkyl or cyclic N) is 1. The number of amides is 1. The third kappa shape index (κ3) is 5.22. The lowest BCUT2D eigenvalue weighted by molar-refractivity contribution is 0.00590. The van der Waals surface area contributed by atoms with E-state index in [-0.39, 0.29) is 18.1 Å². The normalized spacial score (nSPS) is 21.0. The van der Waals surface area contributed by atoms with E-state index >= 15 is 4.39 Å². The number of hydrogen-bond acceptors (Lipinski definition) is 7. The number of anilines is 1. The van der Waals surface area contributed by atoms with Gasteiger partial charge in [-0.05, 0) is 73.5 Å². The lowest BCUT2D eigenvalue weighted by Gasteiger charge is -2.35. The number of likely N-dealkylation sites (N-methyl/N-ethyl adjacent to an activating group) is 1. The molecule has 2 aromatic carbocycles. The number of carbonyl (C=O) groups is 1. The quantitative estimate of drug-likeness (QED) is 0.334. The summed E-state index contributed by atoms with van der Waals surface area (Å²) >= 11 is 0. The van der Waals surface area contributed by atoms with Crippen LogP contribution < -0.4 is 4.90 Å². The molecule has 1 N–H and O–H groups in total. The Morgan fingerprint density at radius 3 is 2.43 bits per heavy atom. The first-order valence-corrected chi connectivity index (χ1v) is 16.9. The summed E-state index contributed by atoms with van der Waals surface area (Å²) in [6.45, 7) is 5.55. The van der Waals surface area contributed by atoms with Crippen LogP contribution >= 0.6 is 0 Å². The molecule has 1 amide bonds. The van der Waals surface area contributed by atoms with Gasteiger partial charge in [0.25, 0.3) is 5.91 Å². The van der Waals surface area contributed by atoms with Crippen molar-refractivity contribution >= 4 is 38.2 Å². The largest absolute Gasteiger partial charge is 0.389 e. The van der Waals surface area contributed by atoms with E-state index in [1.54, 1.807) is 66.7 Å². The van der Waals surface area contributed by atoms with Crippen molar-refractivity contribution < 1.29 is 22.7 Å². The number of halogens is 1. The molecule has 2 aliphatic heterocycles. The van der Waals surface area contributed by atoms with Crippen LogP contribution in [0.5, 0.6) is 0 Å². The molecule has 0 radical (unpaired) electrons. The second kappa shape index (κ2) is 11.5. The van der Waals surface area contributed by atoms with E-state index in [0.29, 0.717) is 52.1 Å². The van der Waals surface area contributed by atoms with E-state index < -0.39 is 20.9 Å². The minimum absolute atomic E-state index is 0.154. The molecule has 2 saturated heterocycles. The van der Waals surface area contributed by atoms with E-state index in [2.05, 4.69) is 16.9 Å². The monoisotopic (exact) mass is 641 g/mol. The summed E-state index contributed by atoms with van der Waals surface area (Å²) in [5.74, 6) is -0.481. The molecule has 238 valence electrons. The molecule has 0 spiro atoms. The zero-order valence-corrected chi connectivity index (χ0v) is 26.6. The fourth-order valence-electron chi connectivity index (χ4n) is 6.47. The highest BCUT2D eigenvalue weighted by molar-refractivity contribution is 7.91. The van der Waals surface area contributed by atoms with Gasteiger partial charge in [0.15, 0.2) is 5.65 Å². The fourth-order valence-corrected chi connectivity index (χ4v) is 8.12. The number of aliphatic hydroxyl groups is 1. The highest BCUT2D eigenvalue weighted by Crippen LogP contribution is 2.39. The van der Waals surface area contributed by atoms with Gasteiger partial charge in [-0.25, -0.2) is 21.8 Å². The molecule has 1 aliphatic carbocycles. The molecule has 11 heteroatoms. The van der Waals surface area contributed by atoms with Crippen LogP contribution in [-0.4, -0.2) is 95.4 Å². The third-order valence-corrected chi connectivity index (χ3v) is 11.6. The fraction of sp³-hybridized carbons (Fsp3) is 0.314. The molecule has 0 bridgehead atoms. The number of likely N-dealkylation sites (tertiary alicyclic amines) is 1. The van der Waals surface area contributed by atoms with Crippen LogP contribution in [0.2, 0.25) is 0 Å². The van der Waals surface area contributed by atoms with Crippen LogP contribution in [0.15, 0.2) is 85.2 Å².